The quantitative estimate of drug-likeness (QED) is 0.714. The van der Waals surface area contributed by atoms with Crippen LogP contribution in [0.2, 0.25) is 0 Å². The number of Topliss-reactive ketones (excluding diaryl/α,β-unsaturated/α-hetero) is 1. The predicted molar refractivity (Wildman–Crippen MR) is 81.1 cm³/mol. The number of H-pyrrole nitrogens is 2. The van der Waals surface area contributed by atoms with Gasteiger partial charge in [-0.1, -0.05) is 29.8 Å². The van der Waals surface area contributed by atoms with Gasteiger partial charge >= 0.3 is 5.69 Å². The molecule has 1 aromatic heterocycles. The summed E-state index contributed by atoms with van der Waals surface area (Å²) in [5.41, 5.74) is 0.179. The summed E-state index contributed by atoms with van der Waals surface area (Å²) in [5.74, 6) is -0.622. The fourth-order valence-electron chi connectivity index (χ4n) is 1.83. The van der Waals surface area contributed by atoms with Crippen molar-refractivity contribution in [2.45, 2.75) is 19.8 Å². The molecule has 7 heteroatoms. The second-order valence-electron chi connectivity index (χ2n) is 4.82. The van der Waals surface area contributed by atoms with E-state index in [-0.39, 0.29) is 24.3 Å². The number of carbonyl (C=O) groups excluding carboxylic acids is 2. The van der Waals surface area contributed by atoms with Gasteiger partial charge in [-0.25, -0.2) is 4.79 Å². The van der Waals surface area contributed by atoms with E-state index in [1.165, 1.54) is 0 Å². The Kier molecular flexibility index (Phi) is 4.67. The molecule has 0 bridgehead atoms. The maximum absolute atomic E-state index is 11.9. The first-order valence-corrected chi connectivity index (χ1v) is 6.67. The summed E-state index contributed by atoms with van der Waals surface area (Å²) < 4.78 is 0. The summed E-state index contributed by atoms with van der Waals surface area (Å²) in [6.07, 6.45) is 1.10. The standard InChI is InChI=1S/C15H15N3O4/c1-9-2-4-10(5-3-9)12(19)6-7-13(20)17-11-8-16-15(22)18-14(11)21/h2-5,8H,6-7H2,1H3,(H,17,20)(H2,16,18,21,22). The molecular weight excluding hydrogens is 286 g/mol. The monoisotopic (exact) mass is 301 g/mol. The van der Waals surface area contributed by atoms with Crippen molar-refractivity contribution in [1.82, 2.24) is 9.97 Å². The van der Waals surface area contributed by atoms with Crippen LogP contribution in [0.25, 0.3) is 0 Å². The predicted octanol–water partition coefficient (Wildman–Crippen LogP) is 0.973. The highest BCUT2D eigenvalue weighted by Gasteiger charge is 2.11. The number of hydrogen-bond donors (Lipinski definition) is 3. The van der Waals surface area contributed by atoms with Crippen LogP contribution in [-0.4, -0.2) is 21.7 Å². The van der Waals surface area contributed by atoms with Crippen molar-refractivity contribution in [3.8, 4) is 0 Å². The molecule has 0 aliphatic heterocycles. The van der Waals surface area contributed by atoms with Crippen LogP contribution < -0.4 is 16.6 Å². The van der Waals surface area contributed by atoms with Gasteiger partial charge in [0.2, 0.25) is 5.91 Å². The molecule has 0 spiro atoms. The third-order valence-electron chi connectivity index (χ3n) is 3.05. The van der Waals surface area contributed by atoms with Crippen LogP contribution in [0.3, 0.4) is 0 Å². The smallest absolute Gasteiger partial charge is 0.320 e. The Labute approximate surface area is 125 Å². The number of aromatic amines is 2. The van der Waals surface area contributed by atoms with E-state index in [1.807, 2.05) is 24.0 Å². The molecule has 2 aromatic rings. The molecule has 1 amide bonds. The molecule has 0 saturated carbocycles. The van der Waals surface area contributed by atoms with Crippen LogP contribution in [0.5, 0.6) is 0 Å². The number of anilines is 1. The first kappa shape index (κ1) is 15.4. The zero-order valence-electron chi connectivity index (χ0n) is 11.9. The van der Waals surface area contributed by atoms with Gasteiger partial charge in [-0.05, 0) is 6.92 Å². The zero-order valence-corrected chi connectivity index (χ0v) is 11.9. The summed E-state index contributed by atoms with van der Waals surface area (Å²) >= 11 is 0. The third kappa shape index (κ3) is 4.02. The Hall–Kier alpha value is -2.96. The van der Waals surface area contributed by atoms with E-state index in [4.69, 9.17) is 0 Å². The molecule has 22 heavy (non-hydrogen) atoms. The average Bonchev–Trinajstić information content (AvgIpc) is 2.48. The van der Waals surface area contributed by atoms with Crippen LogP contribution in [-0.2, 0) is 4.79 Å². The summed E-state index contributed by atoms with van der Waals surface area (Å²) in [5, 5.41) is 2.35. The van der Waals surface area contributed by atoms with Crippen LogP contribution >= 0.6 is 0 Å². The summed E-state index contributed by atoms with van der Waals surface area (Å²) in [7, 11) is 0. The first-order chi connectivity index (χ1) is 10.5. The summed E-state index contributed by atoms with van der Waals surface area (Å²) in [6, 6.07) is 7.07. The molecule has 0 aliphatic rings. The van der Waals surface area contributed by atoms with Crippen molar-refractivity contribution in [1.29, 1.82) is 0 Å². The number of hydrogen-bond acceptors (Lipinski definition) is 4. The minimum atomic E-state index is -0.693. The minimum absolute atomic E-state index is 0.0378. The van der Waals surface area contributed by atoms with Gasteiger partial charge in [0.15, 0.2) is 5.78 Å². The Morgan fingerprint density at radius 2 is 1.77 bits per heavy atom. The molecule has 0 unspecified atom stereocenters. The summed E-state index contributed by atoms with van der Waals surface area (Å²) in [6.45, 7) is 1.92. The van der Waals surface area contributed by atoms with E-state index in [0.29, 0.717) is 5.56 Å². The van der Waals surface area contributed by atoms with E-state index in [2.05, 4.69) is 10.3 Å². The Morgan fingerprint density at radius 1 is 1.09 bits per heavy atom. The third-order valence-corrected chi connectivity index (χ3v) is 3.05. The highest BCUT2D eigenvalue weighted by atomic mass is 16.2. The lowest BCUT2D eigenvalue weighted by molar-refractivity contribution is -0.116. The number of ketones is 1. The number of nitrogens with one attached hydrogen (secondary N) is 3. The fraction of sp³-hybridized carbons (Fsp3) is 0.200. The lowest BCUT2D eigenvalue weighted by Crippen LogP contribution is -2.26. The number of benzene rings is 1. The van der Waals surface area contributed by atoms with E-state index in [1.54, 1.807) is 12.1 Å². The van der Waals surface area contributed by atoms with Crippen molar-refractivity contribution in [2.24, 2.45) is 0 Å². The molecule has 1 aromatic carbocycles. The second-order valence-corrected chi connectivity index (χ2v) is 4.82. The molecule has 7 nitrogen and oxygen atoms in total. The molecule has 1 heterocycles. The molecule has 114 valence electrons. The van der Waals surface area contributed by atoms with Crippen LogP contribution in [0.15, 0.2) is 40.1 Å². The Morgan fingerprint density at radius 3 is 2.41 bits per heavy atom. The topological polar surface area (TPSA) is 112 Å². The lowest BCUT2D eigenvalue weighted by Gasteiger charge is -2.04. The van der Waals surface area contributed by atoms with Gasteiger partial charge in [0, 0.05) is 24.6 Å². The van der Waals surface area contributed by atoms with Crippen molar-refractivity contribution in [2.75, 3.05) is 5.32 Å². The molecule has 0 saturated heterocycles. The Balaban J connectivity index is 1.92. The number of amides is 1. The Bertz CT molecular complexity index is 803. The normalized spacial score (nSPS) is 10.2. The molecular formula is C15H15N3O4. The number of rotatable bonds is 5. The van der Waals surface area contributed by atoms with Crippen molar-refractivity contribution in [3.05, 3.63) is 62.4 Å². The first-order valence-electron chi connectivity index (χ1n) is 6.67. The molecule has 2 rings (SSSR count). The average molecular weight is 301 g/mol. The maximum atomic E-state index is 11.9. The largest absolute Gasteiger partial charge is 0.325 e. The van der Waals surface area contributed by atoms with Crippen LogP contribution in [0, 0.1) is 6.92 Å². The van der Waals surface area contributed by atoms with Crippen molar-refractivity contribution >= 4 is 17.4 Å². The minimum Gasteiger partial charge on any atom is -0.320 e. The number of aryl methyl sites for hydroxylation is 1. The van der Waals surface area contributed by atoms with Gasteiger partial charge in [-0.2, -0.15) is 0 Å². The SMILES string of the molecule is Cc1ccc(C(=O)CCC(=O)Nc2c[nH]c(=O)[nH]c2=O)cc1. The van der Waals surface area contributed by atoms with Gasteiger partial charge in [0.05, 0.1) is 0 Å². The van der Waals surface area contributed by atoms with Gasteiger partial charge in [-0.3, -0.25) is 19.4 Å². The molecule has 0 fully saturated rings. The highest BCUT2D eigenvalue weighted by Crippen LogP contribution is 2.08. The van der Waals surface area contributed by atoms with Gasteiger partial charge in [0.25, 0.3) is 5.56 Å². The van der Waals surface area contributed by atoms with Crippen molar-refractivity contribution < 1.29 is 9.59 Å². The van der Waals surface area contributed by atoms with E-state index < -0.39 is 17.2 Å². The zero-order chi connectivity index (χ0) is 16.1. The fourth-order valence-corrected chi connectivity index (χ4v) is 1.83. The van der Waals surface area contributed by atoms with Crippen LogP contribution in [0.4, 0.5) is 5.69 Å². The van der Waals surface area contributed by atoms with Gasteiger partial charge in [-0.15, -0.1) is 0 Å². The molecule has 0 atom stereocenters. The van der Waals surface area contributed by atoms with E-state index >= 15 is 0 Å². The molecule has 0 radical (unpaired) electrons. The van der Waals surface area contributed by atoms with Crippen molar-refractivity contribution in [3.63, 3.8) is 0 Å². The molecule has 3 N–H and O–H groups in total. The van der Waals surface area contributed by atoms with E-state index in [9.17, 15) is 19.2 Å². The maximum Gasteiger partial charge on any atom is 0.325 e. The van der Waals surface area contributed by atoms with Crippen LogP contribution in [0.1, 0.15) is 28.8 Å². The number of carbonyl (C=O) groups is 2. The number of aromatic nitrogens is 2. The highest BCUT2D eigenvalue weighted by molar-refractivity contribution is 5.99. The molecule has 0 aliphatic carbocycles. The second kappa shape index (κ2) is 6.66. The lowest BCUT2D eigenvalue weighted by atomic mass is 10.1. The van der Waals surface area contributed by atoms with Gasteiger partial charge in [0.1, 0.15) is 5.69 Å². The van der Waals surface area contributed by atoms with Gasteiger partial charge < -0.3 is 10.3 Å². The summed E-state index contributed by atoms with van der Waals surface area (Å²) in [4.78, 5) is 50.2. The van der Waals surface area contributed by atoms with E-state index in [0.717, 1.165) is 11.8 Å².